The zero-order valence-corrected chi connectivity index (χ0v) is 15.6. The minimum Gasteiger partial charge on any atom is -0.468 e. The van der Waals surface area contributed by atoms with Crippen molar-refractivity contribution in [1.82, 2.24) is 15.0 Å². The number of aromatic nitrogens is 3. The monoisotopic (exact) mass is 459 g/mol. The van der Waals surface area contributed by atoms with Crippen molar-refractivity contribution >= 4 is 29.1 Å². The largest absolute Gasteiger partial charge is 0.468 e. The third-order valence-electron chi connectivity index (χ3n) is 3.07. The molecule has 0 aromatic carbocycles. The van der Waals surface area contributed by atoms with Gasteiger partial charge in [0.05, 0.1) is 11.9 Å². The Labute approximate surface area is 169 Å². The van der Waals surface area contributed by atoms with Crippen molar-refractivity contribution < 1.29 is 40.6 Å². The summed E-state index contributed by atoms with van der Waals surface area (Å²) in [5, 5.41) is 2.35. The van der Waals surface area contributed by atoms with Crippen LogP contribution in [0.4, 0.5) is 42.6 Å². The number of halogens is 7. The van der Waals surface area contributed by atoms with Gasteiger partial charge < -0.3 is 9.47 Å². The summed E-state index contributed by atoms with van der Waals surface area (Å²) in [6, 6.07) is 1.85. The minimum absolute atomic E-state index is 0.168. The van der Waals surface area contributed by atoms with Crippen molar-refractivity contribution in [2.45, 2.75) is 12.4 Å². The average molecular weight is 460 g/mol. The van der Waals surface area contributed by atoms with Crippen molar-refractivity contribution in [3.8, 4) is 11.9 Å². The number of pyridine rings is 1. The number of carbonyl (C=O) groups excluding carboxylic acids is 1. The molecule has 0 spiro atoms. The van der Waals surface area contributed by atoms with Gasteiger partial charge in [0.1, 0.15) is 11.0 Å². The Morgan fingerprint density at radius 2 is 1.73 bits per heavy atom. The number of ether oxygens (including phenoxy) is 2. The molecule has 0 aliphatic heterocycles. The Kier molecular flexibility index (Phi) is 7.12. The van der Waals surface area contributed by atoms with Gasteiger partial charge in [0.2, 0.25) is 5.88 Å². The van der Waals surface area contributed by atoms with Crippen molar-refractivity contribution in [3.63, 3.8) is 0 Å². The van der Waals surface area contributed by atoms with Gasteiger partial charge in [0, 0.05) is 13.1 Å². The molecular weight excluding hydrogens is 448 g/mol. The zero-order valence-electron chi connectivity index (χ0n) is 14.9. The lowest BCUT2D eigenvalue weighted by Gasteiger charge is -2.18. The summed E-state index contributed by atoms with van der Waals surface area (Å²) in [5.74, 6) is -1.22. The van der Waals surface area contributed by atoms with Gasteiger partial charge in [-0.15, -0.1) is 0 Å². The van der Waals surface area contributed by atoms with Crippen LogP contribution in [-0.2, 0) is 0 Å². The first-order valence-corrected chi connectivity index (χ1v) is 8.15. The molecule has 0 aliphatic carbocycles. The molecule has 0 saturated heterocycles. The van der Waals surface area contributed by atoms with Crippen LogP contribution in [0.15, 0.2) is 24.4 Å². The summed E-state index contributed by atoms with van der Waals surface area (Å²) in [6.45, 7) is -3.58. The van der Waals surface area contributed by atoms with E-state index in [-0.39, 0.29) is 10.8 Å². The molecule has 0 fully saturated rings. The fourth-order valence-corrected chi connectivity index (χ4v) is 1.90. The van der Waals surface area contributed by atoms with E-state index in [4.69, 9.17) is 11.6 Å². The van der Waals surface area contributed by atoms with Gasteiger partial charge in [-0.25, -0.2) is 9.78 Å². The van der Waals surface area contributed by atoms with Crippen LogP contribution in [0.5, 0.6) is 11.9 Å². The molecule has 0 saturated carbocycles. The van der Waals surface area contributed by atoms with Crippen LogP contribution in [0, 0.1) is 0 Å². The highest BCUT2D eigenvalue weighted by Gasteiger charge is 2.30. The number of amides is 2. The predicted molar refractivity (Wildman–Crippen MR) is 91.8 cm³/mol. The Morgan fingerprint density at radius 3 is 2.30 bits per heavy atom. The molecule has 0 atom stereocenters. The fraction of sp³-hybridized carbons (Fsp3) is 0.333. The summed E-state index contributed by atoms with van der Waals surface area (Å²) < 4.78 is 82.7. The molecule has 2 rings (SSSR count). The van der Waals surface area contributed by atoms with E-state index in [2.05, 4.69) is 29.7 Å². The van der Waals surface area contributed by atoms with Crippen molar-refractivity contribution in [1.29, 1.82) is 0 Å². The number of nitrogens with one attached hydrogen (secondary N) is 1. The Hall–Kier alpha value is -3.03. The zero-order chi connectivity index (χ0) is 22.5. The van der Waals surface area contributed by atoms with Gasteiger partial charge in [0.15, 0.2) is 13.2 Å². The Balaban J connectivity index is 2.20. The van der Waals surface area contributed by atoms with E-state index in [0.717, 1.165) is 11.0 Å². The average Bonchev–Trinajstić information content (AvgIpc) is 2.63. The SMILES string of the molecule is CN(C(=O)Nc1cc(OCC(F)(F)F)nc(OCC(F)(F)F)n1)c1ccc(Cl)nc1. The second-order valence-corrected chi connectivity index (χ2v) is 5.90. The normalized spacial score (nSPS) is 11.7. The summed E-state index contributed by atoms with van der Waals surface area (Å²) in [4.78, 5) is 24.0. The number of hydrogen-bond donors (Lipinski definition) is 1. The van der Waals surface area contributed by atoms with Crippen molar-refractivity contribution in [2.75, 3.05) is 30.5 Å². The van der Waals surface area contributed by atoms with Crippen LogP contribution in [0.2, 0.25) is 5.15 Å². The number of hydrogen-bond acceptors (Lipinski definition) is 6. The van der Waals surface area contributed by atoms with Crippen LogP contribution in [0.1, 0.15) is 0 Å². The first-order chi connectivity index (χ1) is 13.8. The van der Waals surface area contributed by atoms with E-state index in [1.54, 1.807) is 0 Å². The lowest BCUT2D eigenvalue weighted by Crippen LogP contribution is -2.31. The van der Waals surface area contributed by atoms with Gasteiger partial charge in [-0.1, -0.05) is 11.6 Å². The van der Waals surface area contributed by atoms with E-state index in [0.29, 0.717) is 0 Å². The van der Waals surface area contributed by atoms with E-state index in [1.807, 2.05) is 0 Å². The number of anilines is 2. The predicted octanol–water partition coefficient (Wildman–Crippen LogP) is 4.08. The standard InChI is InChI=1S/C15H12ClF6N5O3/c1-27(8-2-3-9(16)23-5-8)13(28)25-10-4-11(29-6-14(17,18)19)26-12(24-10)30-7-15(20,21)22/h2-5H,6-7H2,1H3,(H,24,25,26,28). The summed E-state index contributed by atoms with van der Waals surface area (Å²) in [7, 11) is 1.32. The van der Waals surface area contributed by atoms with Crippen molar-refractivity contribution in [3.05, 3.63) is 29.5 Å². The number of alkyl halides is 6. The van der Waals surface area contributed by atoms with Gasteiger partial charge in [-0.3, -0.25) is 10.2 Å². The summed E-state index contributed by atoms with van der Waals surface area (Å²) in [6.07, 6.45) is -8.22. The van der Waals surface area contributed by atoms with Gasteiger partial charge in [-0.2, -0.15) is 36.3 Å². The molecule has 0 aliphatic rings. The van der Waals surface area contributed by atoms with E-state index in [9.17, 15) is 31.1 Å². The Morgan fingerprint density at radius 1 is 1.10 bits per heavy atom. The molecule has 2 heterocycles. The molecule has 2 aromatic heterocycles. The molecule has 0 bridgehead atoms. The van der Waals surface area contributed by atoms with Crippen LogP contribution < -0.4 is 19.7 Å². The maximum absolute atomic E-state index is 12.3. The quantitative estimate of drug-likeness (QED) is 0.517. The summed E-state index contributed by atoms with van der Waals surface area (Å²) in [5.41, 5.74) is 0.285. The smallest absolute Gasteiger partial charge is 0.422 e. The molecule has 2 aromatic rings. The van der Waals surface area contributed by atoms with Gasteiger partial charge >= 0.3 is 24.4 Å². The van der Waals surface area contributed by atoms with Gasteiger partial charge in [0.25, 0.3) is 0 Å². The first-order valence-electron chi connectivity index (χ1n) is 7.77. The summed E-state index contributed by atoms with van der Waals surface area (Å²) >= 11 is 5.65. The van der Waals surface area contributed by atoms with Crippen LogP contribution in [0.25, 0.3) is 0 Å². The van der Waals surface area contributed by atoms with Crippen LogP contribution in [-0.4, -0.2) is 53.6 Å². The number of nitrogens with zero attached hydrogens (tertiary/aromatic N) is 4. The maximum Gasteiger partial charge on any atom is 0.422 e. The highest BCUT2D eigenvalue weighted by molar-refractivity contribution is 6.29. The lowest BCUT2D eigenvalue weighted by molar-refractivity contribution is -0.155. The molecule has 0 unspecified atom stereocenters. The first kappa shape index (κ1) is 23.3. The minimum atomic E-state index is -4.75. The fourth-order valence-electron chi connectivity index (χ4n) is 1.79. The van der Waals surface area contributed by atoms with Crippen molar-refractivity contribution in [2.24, 2.45) is 0 Å². The van der Waals surface area contributed by atoms with E-state index < -0.39 is 49.3 Å². The second-order valence-electron chi connectivity index (χ2n) is 5.51. The third kappa shape index (κ3) is 7.77. The molecule has 8 nitrogen and oxygen atoms in total. The van der Waals surface area contributed by atoms with Crippen LogP contribution in [0.3, 0.4) is 0 Å². The lowest BCUT2D eigenvalue weighted by atomic mass is 10.4. The number of rotatable bonds is 6. The second kappa shape index (κ2) is 9.19. The topological polar surface area (TPSA) is 89.5 Å². The van der Waals surface area contributed by atoms with E-state index >= 15 is 0 Å². The number of urea groups is 1. The molecular formula is C15H12ClF6N5O3. The maximum atomic E-state index is 12.3. The molecule has 1 N–H and O–H groups in total. The van der Waals surface area contributed by atoms with E-state index in [1.165, 1.54) is 25.4 Å². The van der Waals surface area contributed by atoms with Crippen LogP contribution >= 0.6 is 11.6 Å². The molecule has 0 radical (unpaired) electrons. The molecule has 15 heteroatoms. The van der Waals surface area contributed by atoms with Gasteiger partial charge in [-0.05, 0) is 12.1 Å². The molecule has 30 heavy (non-hydrogen) atoms. The Bertz CT molecular complexity index is 842. The molecule has 164 valence electrons. The third-order valence-corrected chi connectivity index (χ3v) is 3.29. The number of carbonyl (C=O) groups is 1. The highest BCUT2D eigenvalue weighted by Crippen LogP contribution is 2.23. The highest BCUT2D eigenvalue weighted by atomic mass is 35.5. The molecule has 2 amide bonds.